The lowest BCUT2D eigenvalue weighted by molar-refractivity contribution is 0.0975. The first kappa shape index (κ1) is 22.2. The number of aromatic nitrogens is 5. The summed E-state index contributed by atoms with van der Waals surface area (Å²) >= 11 is 0. The van der Waals surface area contributed by atoms with Crippen LogP contribution in [0.5, 0.6) is 0 Å². The Hall–Kier alpha value is -3.47. The number of amides is 1. The minimum atomic E-state index is -0.724. The number of hydrogen-bond acceptors (Lipinski definition) is 7. The third kappa shape index (κ3) is 4.36. The zero-order valence-electron chi connectivity index (χ0n) is 17.9. The van der Waals surface area contributed by atoms with Crippen LogP contribution in [0, 0.1) is 0 Å². The Morgan fingerprint density at radius 3 is 2.74 bits per heavy atom. The van der Waals surface area contributed by atoms with Gasteiger partial charge < -0.3 is 10.5 Å². The second-order valence-electron chi connectivity index (χ2n) is 7.06. The van der Waals surface area contributed by atoms with Crippen molar-refractivity contribution >= 4 is 28.4 Å². The highest BCUT2D eigenvalue weighted by atomic mass is 16.5. The number of aromatic amines is 1. The van der Waals surface area contributed by atoms with E-state index in [-0.39, 0.29) is 24.7 Å². The molecule has 0 fully saturated rings. The van der Waals surface area contributed by atoms with Crippen LogP contribution in [-0.4, -0.2) is 50.7 Å². The normalized spacial score (nSPS) is 11.2. The minimum absolute atomic E-state index is 0.0512. The lowest BCUT2D eigenvalue weighted by atomic mass is 10.1. The number of ether oxygens (including phenoxy) is 1. The number of unbranched alkanes of at least 4 members (excludes halogenated alkanes) is 1. The second-order valence-corrected chi connectivity index (χ2v) is 7.06. The van der Waals surface area contributed by atoms with E-state index in [9.17, 15) is 14.4 Å². The standard InChI is InChI=1S/C20H27N7O4/c1-4-6-9-26-17(21)16(18(28)22-20(26)30)25(10-11-31-3)19(29)13-7-8-15-14(12-13)23-24-27(15)5-2/h7-8,12H,4-6,9-11,21H2,1-3H3,(H,22,28,30). The predicted octanol–water partition coefficient (Wildman–Crippen LogP) is 0.977. The third-order valence-electron chi connectivity index (χ3n) is 5.04. The number of hydrogen-bond donors (Lipinski definition) is 2. The van der Waals surface area contributed by atoms with Crippen LogP contribution >= 0.6 is 0 Å². The molecular weight excluding hydrogens is 402 g/mol. The molecule has 0 saturated heterocycles. The van der Waals surface area contributed by atoms with Crippen LogP contribution in [0.1, 0.15) is 37.0 Å². The highest BCUT2D eigenvalue weighted by Gasteiger charge is 2.25. The SMILES string of the molecule is CCCCn1c(N)c(N(CCOC)C(=O)c2ccc3c(c2)nnn3CC)c(=O)[nH]c1=O. The molecule has 11 heteroatoms. The Morgan fingerprint density at radius 2 is 2.06 bits per heavy atom. The molecule has 0 bridgehead atoms. The van der Waals surface area contributed by atoms with Crippen molar-refractivity contribution in [2.45, 2.75) is 39.8 Å². The Balaban J connectivity index is 2.09. The molecule has 3 N–H and O–H groups in total. The number of fused-ring (bicyclic) bond motifs is 1. The lowest BCUT2D eigenvalue weighted by Crippen LogP contribution is -2.42. The van der Waals surface area contributed by atoms with Gasteiger partial charge in [-0.2, -0.15) is 0 Å². The molecule has 0 unspecified atom stereocenters. The Morgan fingerprint density at radius 1 is 1.29 bits per heavy atom. The predicted molar refractivity (Wildman–Crippen MR) is 117 cm³/mol. The first-order chi connectivity index (χ1) is 14.9. The number of nitrogens with one attached hydrogen (secondary N) is 1. The second kappa shape index (κ2) is 9.56. The number of carbonyl (C=O) groups is 1. The van der Waals surface area contributed by atoms with E-state index in [1.807, 2.05) is 13.8 Å². The maximum Gasteiger partial charge on any atom is 0.330 e. The van der Waals surface area contributed by atoms with Crippen molar-refractivity contribution in [3.63, 3.8) is 0 Å². The van der Waals surface area contributed by atoms with Gasteiger partial charge in [-0.25, -0.2) is 9.48 Å². The van der Waals surface area contributed by atoms with Crippen LogP contribution in [0.2, 0.25) is 0 Å². The van der Waals surface area contributed by atoms with Crippen LogP contribution in [0.15, 0.2) is 27.8 Å². The monoisotopic (exact) mass is 429 g/mol. The van der Waals surface area contributed by atoms with Gasteiger partial charge in [0.15, 0.2) is 5.69 Å². The summed E-state index contributed by atoms with van der Waals surface area (Å²) in [5.41, 5.74) is 6.49. The van der Waals surface area contributed by atoms with Crippen molar-refractivity contribution in [2.75, 3.05) is 30.9 Å². The number of nitrogen functional groups attached to an aromatic ring is 1. The maximum absolute atomic E-state index is 13.4. The van der Waals surface area contributed by atoms with Gasteiger partial charge in [0.25, 0.3) is 11.5 Å². The Bertz CT molecular complexity index is 1190. The summed E-state index contributed by atoms with van der Waals surface area (Å²) < 4.78 is 8.13. The summed E-state index contributed by atoms with van der Waals surface area (Å²) in [6.45, 7) is 5.16. The summed E-state index contributed by atoms with van der Waals surface area (Å²) in [5, 5.41) is 8.15. The molecule has 3 aromatic rings. The van der Waals surface area contributed by atoms with Crippen molar-refractivity contribution in [1.82, 2.24) is 24.5 Å². The van der Waals surface area contributed by atoms with Gasteiger partial charge in [-0.05, 0) is 31.5 Å². The average molecular weight is 429 g/mol. The molecule has 31 heavy (non-hydrogen) atoms. The molecule has 0 atom stereocenters. The maximum atomic E-state index is 13.4. The fourth-order valence-corrected chi connectivity index (χ4v) is 3.37. The van der Waals surface area contributed by atoms with Gasteiger partial charge in [0.1, 0.15) is 11.3 Å². The van der Waals surface area contributed by atoms with E-state index >= 15 is 0 Å². The smallest absolute Gasteiger partial charge is 0.330 e. The molecule has 3 rings (SSSR count). The van der Waals surface area contributed by atoms with Crippen molar-refractivity contribution in [3.05, 3.63) is 44.6 Å². The van der Waals surface area contributed by atoms with Gasteiger partial charge in [0.05, 0.1) is 12.1 Å². The molecule has 2 heterocycles. The molecule has 0 saturated carbocycles. The number of rotatable bonds is 9. The number of methoxy groups -OCH3 is 1. The van der Waals surface area contributed by atoms with Gasteiger partial charge in [-0.15, -0.1) is 5.10 Å². The quantitative estimate of drug-likeness (QED) is 0.516. The van der Waals surface area contributed by atoms with Crippen molar-refractivity contribution < 1.29 is 9.53 Å². The van der Waals surface area contributed by atoms with Crippen LogP contribution in [0.25, 0.3) is 11.0 Å². The van der Waals surface area contributed by atoms with E-state index in [0.29, 0.717) is 30.6 Å². The van der Waals surface area contributed by atoms with E-state index in [2.05, 4.69) is 15.3 Å². The van der Waals surface area contributed by atoms with E-state index < -0.39 is 17.2 Å². The molecule has 0 aliphatic carbocycles. The number of nitrogens with zero attached hydrogens (tertiary/aromatic N) is 5. The molecule has 1 amide bonds. The van der Waals surface area contributed by atoms with Crippen molar-refractivity contribution in [2.24, 2.45) is 0 Å². The summed E-state index contributed by atoms with van der Waals surface area (Å²) in [6, 6.07) is 5.03. The Kier molecular flexibility index (Phi) is 6.85. The van der Waals surface area contributed by atoms with Gasteiger partial charge in [0, 0.05) is 32.3 Å². The largest absolute Gasteiger partial charge is 0.383 e. The lowest BCUT2D eigenvalue weighted by Gasteiger charge is -2.24. The molecular formula is C20H27N7O4. The van der Waals surface area contributed by atoms with Gasteiger partial charge in [-0.3, -0.25) is 24.0 Å². The summed E-state index contributed by atoms with van der Waals surface area (Å²) in [5.74, 6) is -0.507. The first-order valence-electron chi connectivity index (χ1n) is 10.2. The molecule has 0 aliphatic rings. The first-order valence-corrected chi connectivity index (χ1v) is 10.2. The zero-order valence-corrected chi connectivity index (χ0v) is 17.9. The van der Waals surface area contributed by atoms with Crippen molar-refractivity contribution in [1.29, 1.82) is 0 Å². The van der Waals surface area contributed by atoms with Gasteiger partial charge in [0.2, 0.25) is 0 Å². The average Bonchev–Trinajstić information content (AvgIpc) is 3.17. The number of anilines is 2. The van der Waals surface area contributed by atoms with E-state index in [1.54, 1.807) is 22.9 Å². The van der Waals surface area contributed by atoms with E-state index in [4.69, 9.17) is 10.5 Å². The highest BCUT2D eigenvalue weighted by Crippen LogP contribution is 2.21. The summed E-state index contributed by atoms with van der Waals surface area (Å²) in [4.78, 5) is 41.8. The van der Waals surface area contributed by atoms with E-state index in [0.717, 1.165) is 11.9 Å². The third-order valence-corrected chi connectivity index (χ3v) is 5.04. The van der Waals surface area contributed by atoms with Crippen LogP contribution in [0.4, 0.5) is 11.5 Å². The molecule has 2 aromatic heterocycles. The summed E-state index contributed by atoms with van der Waals surface area (Å²) in [7, 11) is 1.49. The molecule has 0 radical (unpaired) electrons. The molecule has 166 valence electrons. The Labute approximate surface area is 178 Å². The molecule has 0 aliphatic heterocycles. The van der Waals surface area contributed by atoms with Gasteiger partial charge in [-0.1, -0.05) is 18.6 Å². The minimum Gasteiger partial charge on any atom is -0.383 e. The van der Waals surface area contributed by atoms with Crippen molar-refractivity contribution in [3.8, 4) is 0 Å². The molecule has 1 aromatic carbocycles. The fourth-order valence-electron chi connectivity index (χ4n) is 3.37. The zero-order chi connectivity index (χ0) is 22.5. The van der Waals surface area contributed by atoms with Crippen LogP contribution in [-0.2, 0) is 17.8 Å². The van der Waals surface area contributed by atoms with Crippen LogP contribution < -0.4 is 21.9 Å². The number of carbonyl (C=O) groups excluding carboxylic acids is 1. The number of benzene rings is 1. The number of nitrogens with two attached hydrogens (primary N) is 1. The summed E-state index contributed by atoms with van der Waals surface area (Å²) in [6.07, 6.45) is 1.54. The molecule has 0 spiro atoms. The topological polar surface area (TPSA) is 141 Å². The van der Waals surface area contributed by atoms with Gasteiger partial charge >= 0.3 is 5.69 Å². The van der Waals surface area contributed by atoms with Crippen LogP contribution in [0.3, 0.4) is 0 Å². The molecule has 11 nitrogen and oxygen atoms in total. The number of aryl methyl sites for hydroxylation is 1. The highest BCUT2D eigenvalue weighted by molar-refractivity contribution is 6.08. The fraction of sp³-hybridized carbons (Fsp3) is 0.450. The van der Waals surface area contributed by atoms with E-state index in [1.165, 1.54) is 16.6 Å². The number of H-pyrrole nitrogens is 1.